The van der Waals surface area contributed by atoms with Crippen LogP contribution in [0.3, 0.4) is 0 Å². The van der Waals surface area contributed by atoms with Crippen molar-refractivity contribution in [2.24, 2.45) is 0 Å². The lowest BCUT2D eigenvalue weighted by Crippen LogP contribution is -2.27. The van der Waals surface area contributed by atoms with E-state index in [1.165, 1.54) is 12.8 Å². The number of alkyl halides is 1. The average Bonchev–Trinajstić information content (AvgIpc) is 2.84. The van der Waals surface area contributed by atoms with Gasteiger partial charge in [-0.1, -0.05) is 12.8 Å². The Balaban J connectivity index is 3.03. The highest BCUT2D eigenvalue weighted by molar-refractivity contribution is 6.69. The van der Waals surface area contributed by atoms with Crippen LogP contribution in [0.15, 0.2) is 0 Å². The van der Waals surface area contributed by atoms with Crippen LogP contribution in [-0.4, -0.2) is 127 Å². The number of halogens is 1. The van der Waals surface area contributed by atoms with Crippen LogP contribution in [0, 0.1) is 0 Å². The van der Waals surface area contributed by atoms with Crippen LogP contribution in [0.1, 0.15) is 25.7 Å². The first-order valence-corrected chi connectivity index (χ1v) is 17.3. The van der Waals surface area contributed by atoms with E-state index >= 15 is 0 Å². The highest BCUT2D eigenvalue weighted by Gasteiger charge is 2.13. The van der Waals surface area contributed by atoms with Gasteiger partial charge in [0.05, 0.1) is 106 Å². The van der Waals surface area contributed by atoms with E-state index in [2.05, 4.69) is 19.6 Å². The van der Waals surface area contributed by atoms with Crippen LogP contribution in [0.4, 0.5) is 0 Å². The Bertz CT molecular complexity index is 417. The smallest absolute Gasteiger partial charge is 0.183 e. The minimum Gasteiger partial charge on any atom is -0.415 e. The van der Waals surface area contributed by atoms with Gasteiger partial charge in [-0.3, -0.25) is 0 Å². The predicted molar refractivity (Wildman–Crippen MR) is 145 cm³/mol. The summed E-state index contributed by atoms with van der Waals surface area (Å²) in [6, 6.07) is 0. The van der Waals surface area contributed by atoms with Gasteiger partial charge >= 0.3 is 0 Å². The standard InChI is InChI=1S/C25H53ClO9Si/c1-36(2,3)35-25-24-34-23-22-33-21-20-32-19-18-31-17-16-30-15-14-29-13-12-28-11-10-27-9-7-5-4-6-8-26/h4-25H2,1-3H3. The maximum atomic E-state index is 5.71. The van der Waals surface area contributed by atoms with Crippen LogP contribution in [0.25, 0.3) is 0 Å². The van der Waals surface area contributed by atoms with Gasteiger partial charge in [-0.15, -0.1) is 11.6 Å². The molecule has 0 rings (SSSR count). The third kappa shape index (κ3) is 34.1. The Morgan fingerprint density at radius 2 is 0.639 bits per heavy atom. The van der Waals surface area contributed by atoms with E-state index in [0.717, 1.165) is 25.3 Å². The first-order valence-electron chi connectivity index (χ1n) is 13.4. The van der Waals surface area contributed by atoms with E-state index in [-0.39, 0.29) is 0 Å². The summed E-state index contributed by atoms with van der Waals surface area (Å²) in [4.78, 5) is 0. The fourth-order valence-electron chi connectivity index (χ4n) is 2.70. The SMILES string of the molecule is C[Si](C)(C)OCCOCCOCCOCCOCCOCCOCCOCCOCCCCCCCl. The maximum Gasteiger partial charge on any atom is 0.183 e. The van der Waals surface area contributed by atoms with Crippen molar-refractivity contribution in [2.75, 3.05) is 118 Å². The molecule has 0 aromatic carbocycles. The number of unbranched alkanes of at least 4 members (excludes halogenated alkanes) is 3. The van der Waals surface area contributed by atoms with Gasteiger partial charge in [-0.2, -0.15) is 0 Å². The molecule has 218 valence electrons. The van der Waals surface area contributed by atoms with E-state index in [4.69, 9.17) is 53.9 Å². The van der Waals surface area contributed by atoms with Crippen molar-refractivity contribution in [1.82, 2.24) is 0 Å². The predicted octanol–water partition coefficient (Wildman–Crippen LogP) is 3.77. The highest BCUT2D eigenvalue weighted by Crippen LogP contribution is 2.02. The molecule has 0 radical (unpaired) electrons. The molecule has 0 saturated carbocycles. The summed E-state index contributed by atoms with van der Waals surface area (Å²) in [5.41, 5.74) is 0. The van der Waals surface area contributed by atoms with Crippen molar-refractivity contribution < 1.29 is 42.3 Å². The normalized spacial score (nSPS) is 12.0. The first-order chi connectivity index (χ1) is 17.6. The summed E-state index contributed by atoms with van der Waals surface area (Å²) in [7, 11) is -1.44. The van der Waals surface area contributed by atoms with Gasteiger partial charge in [-0.25, -0.2) is 0 Å². The van der Waals surface area contributed by atoms with Crippen molar-refractivity contribution in [2.45, 2.75) is 45.3 Å². The third-order valence-corrected chi connectivity index (χ3v) is 5.88. The van der Waals surface area contributed by atoms with Crippen LogP contribution in [0.5, 0.6) is 0 Å². The molecule has 0 aliphatic heterocycles. The molecule has 0 heterocycles. The minimum absolute atomic E-state index is 0.536. The van der Waals surface area contributed by atoms with Crippen molar-refractivity contribution in [1.29, 1.82) is 0 Å². The Kier molecular flexibility index (Phi) is 29.8. The zero-order valence-electron chi connectivity index (χ0n) is 23.1. The molecule has 0 aromatic rings. The second-order valence-corrected chi connectivity index (χ2v) is 13.9. The highest BCUT2D eigenvalue weighted by atomic mass is 35.5. The minimum atomic E-state index is -1.44. The van der Waals surface area contributed by atoms with E-state index in [1.54, 1.807) is 0 Å². The van der Waals surface area contributed by atoms with Crippen LogP contribution in [0.2, 0.25) is 19.6 Å². The quantitative estimate of drug-likeness (QED) is 0.0714. The fourth-order valence-corrected chi connectivity index (χ4v) is 3.59. The Morgan fingerprint density at radius 1 is 0.361 bits per heavy atom. The zero-order valence-corrected chi connectivity index (χ0v) is 24.9. The molecule has 9 nitrogen and oxygen atoms in total. The molecule has 0 bridgehead atoms. The van der Waals surface area contributed by atoms with E-state index in [9.17, 15) is 0 Å². The Morgan fingerprint density at radius 3 is 0.944 bits per heavy atom. The van der Waals surface area contributed by atoms with E-state index in [0.29, 0.717) is 106 Å². The van der Waals surface area contributed by atoms with Crippen molar-refractivity contribution in [3.63, 3.8) is 0 Å². The third-order valence-electron chi connectivity index (χ3n) is 4.54. The second-order valence-electron chi connectivity index (χ2n) is 8.96. The summed E-state index contributed by atoms with van der Waals surface area (Å²) >= 11 is 5.64. The van der Waals surface area contributed by atoms with Gasteiger partial charge in [0.2, 0.25) is 0 Å². The zero-order chi connectivity index (χ0) is 26.4. The molecular weight excluding hydrogens is 508 g/mol. The van der Waals surface area contributed by atoms with Gasteiger partial charge in [0, 0.05) is 12.5 Å². The topological polar surface area (TPSA) is 83.1 Å². The van der Waals surface area contributed by atoms with Crippen molar-refractivity contribution in [3.8, 4) is 0 Å². The summed E-state index contributed by atoms with van der Waals surface area (Å²) in [5.74, 6) is 0.749. The lowest BCUT2D eigenvalue weighted by Gasteiger charge is -2.16. The number of rotatable bonds is 31. The van der Waals surface area contributed by atoms with Gasteiger partial charge in [0.15, 0.2) is 8.32 Å². The fraction of sp³-hybridized carbons (Fsp3) is 1.00. The molecular formula is C25H53ClO9Si. The Hall–Kier alpha value is 0.147. The summed E-state index contributed by atoms with van der Waals surface area (Å²) < 4.78 is 49.5. The molecule has 0 amide bonds. The average molecular weight is 561 g/mol. The molecule has 0 aliphatic rings. The van der Waals surface area contributed by atoms with Crippen LogP contribution >= 0.6 is 11.6 Å². The molecule has 0 spiro atoms. The van der Waals surface area contributed by atoms with E-state index < -0.39 is 8.32 Å². The molecule has 11 heteroatoms. The van der Waals surface area contributed by atoms with Crippen molar-refractivity contribution in [3.05, 3.63) is 0 Å². The summed E-state index contributed by atoms with van der Waals surface area (Å²) in [6.45, 7) is 16.4. The molecule has 36 heavy (non-hydrogen) atoms. The maximum absolute atomic E-state index is 5.71. The van der Waals surface area contributed by atoms with Gasteiger partial charge in [0.1, 0.15) is 0 Å². The second kappa shape index (κ2) is 29.7. The molecule has 0 aliphatic carbocycles. The number of hydrogen-bond acceptors (Lipinski definition) is 9. The van der Waals surface area contributed by atoms with E-state index in [1.807, 2.05) is 0 Å². The van der Waals surface area contributed by atoms with Gasteiger partial charge in [0.25, 0.3) is 0 Å². The molecule has 0 aromatic heterocycles. The first kappa shape index (κ1) is 36.1. The number of hydrogen-bond donors (Lipinski definition) is 0. The largest absolute Gasteiger partial charge is 0.415 e. The van der Waals surface area contributed by atoms with Gasteiger partial charge < -0.3 is 42.3 Å². The summed E-state index contributed by atoms with van der Waals surface area (Å²) in [5, 5.41) is 0. The molecule has 0 fully saturated rings. The summed E-state index contributed by atoms with van der Waals surface area (Å²) in [6.07, 6.45) is 4.52. The lowest BCUT2D eigenvalue weighted by molar-refractivity contribution is -0.0237. The lowest BCUT2D eigenvalue weighted by atomic mass is 10.2. The Labute approximate surface area is 225 Å². The molecule has 0 saturated heterocycles. The van der Waals surface area contributed by atoms with Crippen LogP contribution < -0.4 is 0 Å². The van der Waals surface area contributed by atoms with Crippen LogP contribution in [-0.2, 0) is 42.3 Å². The molecule has 0 atom stereocenters. The molecule has 0 unspecified atom stereocenters. The van der Waals surface area contributed by atoms with Crippen molar-refractivity contribution >= 4 is 19.9 Å². The number of ether oxygens (including phenoxy) is 8. The van der Waals surface area contributed by atoms with Gasteiger partial charge in [-0.05, 0) is 32.5 Å². The molecule has 0 N–H and O–H groups in total. The monoisotopic (exact) mass is 560 g/mol.